The molecule has 0 radical (unpaired) electrons. The zero-order valence-corrected chi connectivity index (χ0v) is 10.7. The monoisotopic (exact) mass is 231 g/mol. The lowest BCUT2D eigenvalue weighted by molar-refractivity contribution is 0.0745. The SMILES string of the molecule is COC[C@@H](c1ccccc1)N1CCC=C[C@@H]1C. The van der Waals surface area contributed by atoms with Gasteiger partial charge in [-0.3, -0.25) is 4.90 Å². The van der Waals surface area contributed by atoms with Gasteiger partial charge in [0.05, 0.1) is 12.6 Å². The van der Waals surface area contributed by atoms with Crippen molar-refractivity contribution in [2.75, 3.05) is 20.3 Å². The largest absolute Gasteiger partial charge is 0.383 e. The van der Waals surface area contributed by atoms with E-state index in [4.69, 9.17) is 4.74 Å². The second kappa shape index (κ2) is 5.99. The van der Waals surface area contributed by atoms with Crippen molar-refractivity contribution < 1.29 is 4.74 Å². The lowest BCUT2D eigenvalue weighted by Gasteiger charge is -2.37. The predicted molar refractivity (Wildman–Crippen MR) is 71.0 cm³/mol. The van der Waals surface area contributed by atoms with Crippen LogP contribution in [0.15, 0.2) is 42.5 Å². The minimum absolute atomic E-state index is 0.362. The van der Waals surface area contributed by atoms with Gasteiger partial charge in [0.1, 0.15) is 0 Å². The normalized spacial score (nSPS) is 22.6. The molecule has 2 nitrogen and oxygen atoms in total. The van der Waals surface area contributed by atoms with Gasteiger partial charge in [0, 0.05) is 19.7 Å². The molecule has 0 fully saturated rings. The van der Waals surface area contributed by atoms with E-state index in [2.05, 4.69) is 54.3 Å². The molecule has 1 aromatic carbocycles. The Morgan fingerprint density at radius 3 is 2.76 bits per heavy atom. The first-order chi connectivity index (χ1) is 8.33. The molecule has 1 aromatic rings. The molecule has 2 heteroatoms. The number of hydrogen-bond acceptors (Lipinski definition) is 2. The molecule has 2 atom stereocenters. The van der Waals surface area contributed by atoms with E-state index >= 15 is 0 Å². The topological polar surface area (TPSA) is 12.5 Å². The molecular formula is C15H21NO. The van der Waals surface area contributed by atoms with Crippen molar-refractivity contribution in [2.24, 2.45) is 0 Å². The van der Waals surface area contributed by atoms with Gasteiger partial charge in [-0.2, -0.15) is 0 Å². The highest BCUT2D eigenvalue weighted by molar-refractivity contribution is 5.20. The minimum atomic E-state index is 0.362. The third-order valence-electron chi connectivity index (χ3n) is 3.40. The summed E-state index contributed by atoms with van der Waals surface area (Å²) in [5, 5.41) is 0. The van der Waals surface area contributed by atoms with Crippen LogP contribution in [0.25, 0.3) is 0 Å². The molecule has 0 saturated heterocycles. The maximum Gasteiger partial charge on any atom is 0.0660 e. The average molecular weight is 231 g/mol. The summed E-state index contributed by atoms with van der Waals surface area (Å²) in [4.78, 5) is 2.51. The molecule has 17 heavy (non-hydrogen) atoms. The van der Waals surface area contributed by atoms with Crippen LogP contribution in [0.1, 0.15) is 24.9 Å². The summed E-state index contributed by atoms with van der Waals surface area (Å²) >= 11 is 0. The van der Waals surface area contributed by atoms with Crippen LogP contribution in [-0.4, -0.2) is 31.2 Å². The first-order valence-electron chi connectivity index (χ1n) is 6.29. The van der Waals surface area contributed by atoms with E-state index < -0.39 is 0 Å². The molecule has 0 spiro atoms. The third kappa shape index (κ3) is 2.96. The molecule has 0 aromatic heterocycles. The highest BCUT2D eigenvalue weighted by Crippen LogP contribution is 2.26. The Labute approximate surface area is 104 Å². The smallest absolute Gasteiger partial charge is 0.0660 e. The second-order valence-electron chi connectivity index (χ2n) is 4.58. The van der Waals surface area contributed by atoms with E-state index in [1.54, 1.807) is 7.11 Å². The highest BCUT2D eigenvalue weighted by Gasteiger charge is 2.24. The average Bonchev–Trinajstić information content (AvgIpc) is 2.38. The summed E-state index contributed by atoms with van der Waals surface area (Å²) in [5.74, 6) is 0. The number of rotatable bonds is 4. The standard InChI is InChI=1S/C15H21NO/c1-13-8-6-7-11-16(13)15(12-17-2)14-9-4-3-5-10-14/h3-6,8-10,13,15H,7,11-12H2,1-2H3/t13-,15-/m0/s1. The number of benzene rings is 1. The van der Waals surface area contributed by atoms with Gasteiger partial charge >= 0.3 is 0 Å². The molecule has 92 valence electrons. The Bertz CT molecular complexity index is 360. The van der Waals surface area contributed by atoms with E-state index in [0.717, 1.165) is 19.6 Å². The zero-order chi connectivity index (χ0) is 12.1. The lowest BCUT2D eigenvalue weighted by atomic mass is 10.0. The van der Waals surface area contributed by atoms with Crippen molar-refractivity contribution in [3.05, 3.63) is 48.0 Å². The number of methoxy groups -OCH3 is 1. The van der Waals surface area contributed by atoms with Crippen molar-refractivity contribution in [3.63, 3.8) is 0 Å². The Balaban J connectivity index is 2.20. The van der Waals surface area contributed by atoms with Crippen LogP contribution in [0.5, 0.6) is 0 Å². The van der Waals surface area contributed by atoms with E-state index in [1.807, 2.05) is 0 Å². The molecular weight excluding hydrogens is 210 g/mol. The molecule has 1 heterocycles. The summed E-state index contributed by atoms with van der Waals surface area (Å²) in [6.07, 6.45) is 5.70. The number of nitrogens with zero attached hydrogens (tertiary/aromatic N) is 1. The Morgan fingerprint density at radius 1 is 1.35 bits per heavy atom. The van der Waals surface area contributed by atoms with Crippen LogP contribution >= 0.6 is 0 Å². The zero-order valence-electron chi connectivity index (χ0n) is 10.7. The Hall–Kier alpha value is -1.12. The van der Waals surface area contributed by atoms with Gasteiger partial charge in [-0.1, -0.05) is 42.5 Å². The number of ether oxygens (including phenoxy) is 1. The molecule has 0 unspecified atom stereocenters. The van der Waals surface area contributed by atoms with Gasteiger partial charge in [-0.05, 0) is 18.9 Å². The van der Waals surface area contributed by atoms with E-state index in [9.17, 15) is 0 Å². The fraction of sp³-hybridized carbons (Fsp3) is 0.467. The fourth-order valence-electron chi connectivity index (χ4n) is 2.49. The second-order valence-corrected chi connectivity index (χ2v) is 4.58. The third-order valence-corrected chi connectivity index (χ3v) is 3.40. The molecule has 0 amide bonds. The van der Waals surface area contributed by atoms with Gasteiger partial charge in [0.25, 0.3) is 0 Å². The van der Waals surface area contributed by atoms with Crippen molar-refractivity contribution in [1.82, 2.24) is 4.90 Å². The summed E-state index contributed by atoms with van der Waals surface area (Å²) in [6.45, 7) is 4.12. The van der Waals surface area contributed by atoms with Crippen molar-refractivity contribution in [3.8, 4) is 0 Å². The first-order valence-corrected chi connectivity index (χ1v) is 6.29. The van der Waals surface area contributed by atoms with Gasteiger partial charge < -0.3 is 4.74 Å². The maximum absolute atomic E-state index is 5.39. The van der Waals surface area contributed by atoms with E-state index in [0.29, 0.717) is 12.1 Å². The highest BCUT2D eigenvalue weighted by atomic mass is 16.5. The molecule has 0 N–H and O–H groups in total. The molecule has 1 aliphatic rings. The molecule has 2 rings (SSSR count). The van der Waals surface area contributed by atoms with Gasteiger partial charge in [-0.25, -0.2) is 0 Å². The Morgan fingerprint density at radius 2 is 2.12 bits per heavy atom. The van der Waals surface area contributed by atoms with E-state index in [-0.39, 0.29) is 0 Å². The predicted octanol–water partition coefficient (Wildman–Crippen LogP) is 3.02. The quantitative estimate of drug-likeness (QED) is 0.739. The Kier molecular flexibility index (Phi) is 4.35. The summed E-state index contributed by atoms with van der Waals surface area (Å²) in [7, 11) is 1.78. The molecule has 1 aliphatic heterocycles. The molecule has 0 aliphatic carbocycles. The van der Waals surface area contributed by atoms with Crippen molar-refractivity contribution in [2.45, 2.75) is 25.4 Å². The first kappa shape index (κ1) is 12.3. The summed E-state index contributed by atoms with van der Waals surface area (Å²) in [5.41, 5.74) is 1.34. The fourth-order valence-corrected chi connectivity index (χ4v) is 2.49. The van der Waals surface area contributed by atoms with E-state index in [1.165, 1.54) is 5.56 Å². The summed E-state index contributed by atoms with van der Waals surface area (Å²) in [6, 6.07) is 11.5. The van der Waals surface area contributed by atoms with Crippen LogP contribution in [0, 0.1) is 0 Å². The van der Waals surface area contributed by atoms with Gasteiger partial charge in [0.15, 0.2) is 0 Å². The minimum Gasteiger partial charge on any atom is -0.383 e. The van der Waals surface area contributed by atoms with Gasteiger partial charge in [-0.15, -0.1) is 0 Å². The van der Waals surface area contributed by atoms with Crippen LogP contribution in [0.4, 0.5) is 0 Å². The van der Waals surface area contributed by atoms with Crippen LogP contribution < -0.4 is 0 Å². The summed E-state index contributed by atoms with van der Waals surface area (Å²) < 4.78 is 5.39. The maximum atomic E-state index is 5.39. The van der Waals surface area contributed by atoms with Crippen molar-refractivity contribution >= 4 is 0 Å². The van der Waals surface area contributed by atoms with Crippen LogP contribution in [0.2, 0.25) is 0 Å². The van der Waals surface area contributed by atoms with Gasteiger partial charge in [0.2, 0.25) is 0 Å². The molecule has 0 saturated carbocycles. The van der Waals surface area contributed by atoms with Crippen molar-refractivity contribution in [1.29, 1.82) is 0 Å². The number of hydrogen-bond donors (Lipinski definition) is 0. The molecule has 0 bridgehead atoms. The lowest BCUT2D eigenvalue weighted by Crippen LogP contribution is -2.40. The van der Waals surface area contributed by atoms with Crippen LogP contribution in [-0.2, 0) is 4.74 Å². The van der Waals surface area contributed by atoms with Crippen LogP contribution in [0.3, 0.4) is 0 Å².